The molecule has 0 aliphatic carbocycles. The first-order valence-corrected chi connectivity index (χ1v) is 9.36. The highest BCUT2D eigenvalue weighted by Gasteiger charge is 2.15. The lowest BCUT2D eigenvalue weighted by Crippen LogP contribution is -2.25. The molecule has 0 unspecified atom stereocenters. The Balaban J connectivity index is 1.59. The fourth-order valence-corrected chi connectivity index (χ4v) is 3.47. The Morgan fingerprint density at radius 3 is 2.64 bits per heavy atom. The van der Waals surface area contributed by atoms with Crippen LogP contribution >= 0.6 is 11.6 Å². The molecule has 140 valence electrons. The molecule has 5 nitrogen and oxygen atoms in total. The van der Waals surface area contributed by atoms with Gasteiger partial charge in [0.2, 0.25) is 0 Å². The molecule has 0 aliphatic heterocycles. The number of nitrogens with zero attached hydrogens (tertiary/aromatic N) is 3. The van der Waals surface area contributed by atoms with Crippen molar-refractivity contribution >= 4 is 28.3 Å². The third-order valence-electron chi connectivity index (χ3n) is 4.59. The maximum Gasteiger partial charge on any atom is 0.271 e. The van der Waals surface area contributed by atoms with Crippen molar-refractivity contribution in [3.63, 3.8) is 0 Å². The minimum absolute atomic E-state index is 0.187. The molecule has 0 saturated heterocycles. The van der Waals surface area contributed by atoms with E-state index in [-0.39, 0.29) is 11.6 Å². The summed E-state index contributed by atoms with van der Waals surface area (Å²) in [4.78, 5) is 17.2. The zero-order chi connectivity index (χ0) is 19.7. The lowest BCUT2D eigenvalue weighted by Gasteiger charge is -2.10. The van der Waals surface area contributed by atoms with Gasteiger partial charge in [-0.3, -0.25) is 4.79 Å². The monoisotopic (exact) mass is 390 g/mol. The van der Waals surface area contributed by atoms with Crippen molar-refractivity contribution in [1.29, 1.82) is 0 Å². The minimum atomic E-state index is -0.318. The Morgan fingerprint density at radius 2 is 1.86 bits per heavy atom. The summed E-state index contributed by atoms with van der Waals surface area (Å²) in [6.07, 6.45) is 0. The van der Waals surface area contributed by atoms with Gasteiger partial charge < -0.3 is 5.32 Å². The highest BCUT2D eigenvalue weighted by atomic mass is 35.5. The molecular formula is C22H19ClN4O. The van der Waals surface area contributed by atoms with Crippen LogP contribution in [0.3, 0.4) is 0 Å². The molecule has 4 aromatic rings. The summed E-state index contributed by atoms with van der Waals surface area (Å²) in [5.41, 5.74) is 3.05. The van der Waals surface area contributed by atoms with E-state index in [2.05, 4.69) is 27.5 Å². The number of aryl methyl sites for hydroxylation is 2. The van der Waals surface area contributed by atoms with Crippen LogP contribution in [-0.4, -0.2) is 20.7 Å². The number of hydrogen-bond acceptors (Lipinski definition) is 3. The Hall–Kier alpha value is -3.18. The van der Waals surface area contributed by atoms with E-state index in [1.165, 1.54) is 0 Å². The maximum atomic E-state index is 12.8. The summed E-state index contributed by atoms with van der Waals surface area (Å²) in [7, 11) is 0. The number of benzene rings is 2. The molecule has 1 N–H and O–H groups in total. The van der Waals surface area contributed by atoms with Crippen LogP contribution in [0.2, 0.25) is 5.02 Å². The fourth-order valence-electron chi connectivity index (χ4n) is 3.28. The van der Waals surface area contributed by atoms with Crippen molar-refractivity contribution in [3.05, 3.63) is 88.3 Å². The Labute approximate surface area is 168 Å². The van der Waals surface area contributed by atoms with Gasteiger partial charge in [-0.2, -0.15) is 5.10 Å². The van der Waals surface area contributed by atoms with Gasteiger partial charge in [0.1, 0.15) is 5.69 Å². The molecule has 6 heteroatoms. The van der Waals surface area contributed by atoms with E-state index < -0.39 is 0 Å². The fraction of sp³-hybridized carbons (Fsp3) is 0.136. The van der Waals surface area contributed by atoms with Crippen molar-refractivity contribution in [3.8, 4) is 5.82 Å². The van der Waals surface area contributed by atoms with E-state index in [4.69, 9.17) is 11.6 Å². The van der Waals surface area contributed by atoms with Gasteiger partial charge in [-0.1, -0.05) is 54.1 Å². The van der Waals surface area contributed by atoms with E-state index >= 15 is 0 Å². The first-order valence-electron chi connectivity index (χ1n) is 8.98. The first-order chi connectivity index (χ1) is 13.5. The largest absolute Gasteiger partial charge is 0.347 e. The van der Waals surface area contributed by atoms with Gasteiger partial charge in [0.25, 0.3) is 5.91 Å². The molecule has 2 aromatic heterocycles. The third-order valence-corrected chi connectivity index (χ3v) is 4.90. The molecule has 0 atom stereocenters. The molecule has 4 rings (SSSR count). The van der Waals surface area contributed by atoms with Crippen LogP contribution in [0.25, 0.3) is 16.6 Å². The molecule has 1 amide bonds. The van der Waals surface area contributed by atoms with Gasteiger partial charge >= 0.3 is 0 Å². The third kappa shape index (κ3) is 3.49. The summed E-state index contributed by atoms with van der Waals surface area (Å²) in [5, 5.41) is 9.90. The van der Waals surface area contributed by atoms with Crippen LogP contribution in [0.4, 0.5) is 0 Å². The number of carbonyl (C=O) groups excluding carboxylic acids is 1. The van der Waals surface area contributed by atoms with Crippen LogP contribution < -0.4 is 5.32 Å². The Kier molecular flexibility index (Phi) is 4.84. The Bertz CT molecular complexity index is 1180. The summed E-state index contributed by atoms with van der Waals surface area (Å²) in [5.74, 6) is 0.242. The van der Waals surface area contributed by atoms with Crippen molar-refractivity contribution in [2.24, 2.45) is 0 Å². The number of carbonyl (C=O) groups is 1. The number of aromatic nitrogens is 3. The topological polar surface area (TPSA) is 59.8 Å². The summed E-state index contributed by atoms with van der Waals surface area (Å²) in [6, 6.07) is 19.5. The van der Waals surface area contributed by atoms with E-state index in [1.807, 2.05) is 50.2 Å². The van der Waals surface area contributed by atoms with E-state index in [9.17, 15) is 4.79 Å². The molecular weight excluding hydrogens is 372 g/mol. The van der Waals surface area contributed by atoms with Crippen molar-refractivity contribution in [2.45, 2.75) is 20.4 Å². The number of fused-ring (bicyclic) bond motifs is 1. The van der Waals surface area contributed by atoms with Gasteiger partial charge in [0.15, 0.2) is 5.82 Å². The second-order valence-electron chi connectivity index (χ2n) is 6.66. The maximum absolute atomic E-state index is 12.8. The summed E-state index contributed by atoms with van der Waals surface area (Å²) < 4.78 is 1.70. The smallest absolute Gasteiger partial charge is 0.271 e. The van der Waals surface area contributed by atoms with Crippen LogP contribution in [0, 0.1) is 13.8 Å². The zero-order valence-electron chi connectivity index (χ0n) is 15.6. The lowest BCUT2D eigenvalue weighted by atomic mass is 10.0. The highest BCUT2D eigenvalue weighted by Crippen LogP contribution is 2.20. The lowest BCUT2D eigenvalue weighted by molar-refractivity contribution is 0.0946. The molecule has 0 aliphatic rings. The standard InChI is InChI=1S/C22H19ClN4O/c1-14-12-15(2)27(26-14)20-11-10-19(23)21(25-20)22(28)24-13-17-8-5-7-16-6-3-4-9-18(16)17/h3-12H,13H2,1-2H3,(H,24,28). The molecule has 2 aromatic carbocycles. The zero-order valence-corrected chi connectivity index (χ0v) is 16.4. The molecule has 0 fully saturated rings. The van der Waals surface area contributed by atoms with Crippen LogP contribution in [0.1, 0.15) is 27.4 Å². The van der Waals surface area contributed by atoms with Crippen molar-refractivity contribution < 1.29 is 4.79 Å². The average Bonchev–Trinajstić information content (AvgIpc) is 3.04. The summed E-state index contributed by atoms with van der Waals surface area (Å²) >= 11 is 6.25. The van der Waals surface area contributed by atoms with Gasteiger partial charge in [0.05, 0.1) is 10.7 Å². The molecule has 0 radical (unpaired) electrons. The first kappa shape index (κ1) is 18.2. The minimum Gasteiger partial charge on any atom is -0.347 e. The van der Waals surface area contributed by atoms with Gasteiger partial charge in [0, 0.05) is 12.2 Å². The SMILES string of the molecule is Cc1cc(C)n(-c2ccc(Cl)c(C(=O)NCc3cccc4ccccc34)n2)n1. The second kappa shape index (κ2) is 7.44. The molecule has 2 heterocycles. The van der Waals surface area contributed by atoms with Gasteiger partial charge in [-0.15, -0.1) is 0 Å². The average molecular weight is 391 g/mol. The highest BCUT2D eigenvalue weighted by molar-refractivity contribution is 6.33. The number of nitrogens with one attached hydrogen (secondary N) is 1. The predicted octanol–water partition coefficient (Wildman–Crippen LogP) is 4.62. The van der Waals surface area contributed by atoms with Crippen molar-refractivity contribution in [2.75, 3.05) is 0 Å². The van der Waals surface area contributed by atoms with Crippen LogP contribution in [-0.2, 0) is 6.54 Å². The van der Waals surface area contributed by atoms with Gasteiger partial charge in [-0.25, -0.2) is 9.67 Å². The number of rotatable bonds is 4. The molecule has 28 heavy (non-hydrogen) atoms. The quantitative estimate of drug-likeness (QED) is 0.553. The summed E-state index contributed by atoms with van der Waals surface area (Å²) in [6.45, 7) is 4.25. The second-order valence-corrected chi connectivity index (χ2v) is 7.07. The number of pyridine rings is 1. The predicted molar refractivity (Wildman–Crippen MR) is 111 cm³/mol. The van der Waals surface area contributed by atoms with Gasteiger partial charge in [-0.05, 0) is 48.4 Å². The number of hydrogen-bond donors (Lipinski definition) is 1. The molecule has 0 spiro atoms. The van der Waals surface area contributed by atoms with Crippen LogP contribution in [0.5, 0.6) is 0 Å². The van der Waals surface area contributed by atoms with Crippen LogP contribution in [0.15, 0.2) is 60.7 Å². The number of halogens is 1. The van der Waals surface area contributed by atoms with E-state index in [1.54, 1.807) is 16.8 Å². The van der Waals surface area contributed by atoms with Crippen molar-refractivity contribution in [1.82, 2.24) is 20.1 Å². The molecule has 0 bridgehead atoms. The normalized spacial score (nSPS) is 11.0. The Morgan fingerprint density at radius 1 is 1.07 bits per heavy atom. The van der Waals surface area contributed by atoms with E-state index in [0.29, 0.717) is 17.4 Å². The van der Waals surface area contributed by atoms with E-state index in [0.717, 1.165) is 27.7 Å². The molecule has 0 saturated carbocycles. The number of amides is 1.